The lowest BCUT2D eigenvalue weighted by Gasteiger charge is -2.24. The topological polar surface area (TPSA) is 18.5 Å². The SMILES string of the molecule is CCCOCCOC(C)(CCl)CBr. The van der Waals surface area contributed by atoms with Gasteiger partial charge in [0.2, 0.25) is 0 Å². The third-order valence-electron chi connectivity index (χ3n) is 1.59. The van der Waals surface area contributed by atoms with E-state index < -0.39 is 0 Å². The van der Waals surface area contributed by atoms with Crippen molar-refractivity contribution < 1.29 is 9.47 Å². The molecule has 0 aromatic carbocycles. The second-order valence-corrected chi connectivity index (χ2v) is 4.01. The molecule has 0 spiro atoms. The van der Waals surface area contributed by atoms with Crippen molar-refractivity contribution in [2.24, 2.45) is 0 Å². The summed E-state index contributed by atoms with van der Waals surface area (Å²) >= 11 is 9.12. The van der Waals surface area contributed by atoms with Gasteiger partial charge in [-0.15, -0.1) is 11.6 Å². The van der Waals surface area contributed by atoms with Gasteiger partial charge in [-0.05, 0) is 13.3 Å². The average Bonchev–Trinajstić information content (AvgIpc) is 2.17. The van der Waals surface area contributed by atoms with Crippen LogP contribution in [0.2, 0.25) is 0 Å². The van der Waals surface area contributed by atoms with Gasteiger partial charge in [0.25, 0.3) is 0 Å². The molecule has 0 N–H and O–H groups in total. The fourth-order valence-corrected chi connectivity index (χ4v) is 1.47. The highest BCUT2D eigenvalue weighted by Crippen LogP contribution is 2.15. The first-order valence-electron chi connectivity index (χ1n) is 4.52. The first kappa shape index (κ1) is 13.7. The number of rotatable bonds is 8. The Balaban J connectivity index is 3.39. The molecule has 0 saturated carbocycles. The molecule has 0 aliphatic carbocycles. The second kappa shape index (κ2) is 8.04. The number of ether oxygens (including phenoxy) is 2. The van der Waals surface area contributed by atoms with E-state index in [1.54, 1.807) is 0 Å². The van der Waals surface area contributed by atoms with Gasteiger partial charge < -0.3 is 9.47 Å². The van der Waals surface area contributed by atoms with Crippen molar-refractivity contribution in [3.63, 3.8) is 0 Å². The van der Waals surface area contributed by atoms with E-state index in [1.165, 1.54) is 0 Å². The van der Waals surface area contributed by atoms with Crippen LogP contribution in [0, 0.1) is 0 Å². The van der Waals surface area contributed by atoms with Gasteiger partial charge in [-0.25, -0.2) is 0 Å². The summed E-state index contributed by atoms with van der Waals surface area (Å²) in [6, 6.07) is 0. The molecule has 0 fully saturated rings. The first-order valence-corrected chi connectivity index (χ1v) is 6.17. The predicted octanol–water partition coefficient (Wildman–Crippen LogP) is 2.82. The van der Waals surface area contributed by atoms with Crippen molar-refractivity contribution in [1.29, 1.82) is 0 Å². The summed E-state index contributed by atoms with van der Waals surface area (Å²) in [5.74, 6) is 0.492. The normalized spacial score (nSPS) is 15.7. The number of hydrogen-bond acceptors (Lipinski definition) is 2. The van der Waals surface area contributed by atoms with Crippen LogP contribution in [-0.2, 0) is 9.47 Å². The van der Waals surface area contributed by atoms with E-state index >= 15 is 0 Å². The molecule has 0 amide bonds. The van der Waals surface area contributed by atoms with Crippen LogP contribution in [0.4, 0.5) is 0 Å². The van der Waals surface area contributed by atoms with E-state index in [2.05, 4.69) is 22.9 Å². The van der Waals surface area contributed by atoms with Crippen LogP contribution in [0.15, 0.2) is 0 Å². The Morgan fingerprint density at radius 1 is 1.31 bits per heavy atom. The van der Waals surface area contributed by atoms with Crippen molar-refractivity contribution in [2.45, 2.75) is 25.9 Å². The van der Waals surface area contributed by atoms with Crippen LogP contribution in [0.3, 0.4) is 0 Å². The van der Waals surface area contributed by atoms with Crippen molar-refractivity contribution in [3.8, 4) is 0 Å². The third-order valence-corrected chi connectivity index (χ3v) is 3.34. The summed E-state index contributed by atoms with van der Waals surface area (Å²) < 4.78 is 10.9. The molecular weight excluding hydrogens is 255 g/mol. The van der Waals surface area contributed by atoms with Crippen LogP contribution in [0.25, 0.3) is 0 Å². The maximum atomic E-state index is 5.75. The molecule has 0 rings (SSSR count). The lowest BCUT2D eigenvalue weighted by molar-refractivity contribution is -0.0292. The molecule has 0 aromatic heterocycles. The van der Waals surface area contributed by atoms with Crippen molar-refractivity contribution in [3.05, 3.63) is 0 Å². The van der Waals surface area contributed by atoms with Crippen LogP contribution >= 0.6 is 27.5 Å². The van der Waals surface area contributed by atoms with Crippen molar-refractivity contribution in [2.75, 3.05) is 31.0 Å². The smallest absolute Gasteiger partial charge is 0.0886 e. The molecule has 0 bridgehead atoms. The summed E-state index contributed by atoms with van der Waals surface area (Å²) in [5, 5.41) is 0.747. The van der Waals surface area contributed by atoms with Crippen molar-refractivity contribution in [1.82, 2.24) is 0 Å². The molecule has 0 saturated heterocycles. The van der Waals surface area contributed by atoms with Gasteiger partial charge in [-0.2, -0.15) is 0 Å². The molecule has 2 nitrogen and oxygen atoms in total. The summed E-state index contributed by atoms with van der Waals surface area (Å²) in [7, 11) is 0. The monoisotopic (exact) mass is 272 g/mol. The van der Waals surface area contributed by atoms with E-state index in [-0.39, 0.29) is 5.60 Å². The second-order valence-electron chi connectivity index (χ2n) is 3.18. The van der Waals surface area contributed by atoms with Gasteiger partial charge in [-0.3, -0.25) is 0 Å². The molecule has 0 aliphatic heterocycles. The maximum Gasteiger partial charge on any atom is 0.0886 e. The summed E-state index contributed by atoms with van der Waals surface area (Å²) in [6.07, 6.45) is 1.05. The highest BCUT2D eigenvalue weighted by molar-refractivity contribution is 9.09. The molecule has 4 heteroatoms. The quantitative estimate of drug-likeness (QED) is 0.500. The molecule has 0 heterocycles. The van der Waals surface area contributed by atoms with Gasteiger partial charge in [0.15, 0.2) is 0 Å². The Morgan fingerprint density at radius 2 is 2.00 bits per heavy atom. The van der Waals surface area contributed by atoms with E-state index in [1.807, 2.05) is 6.92 Å². The average molecular weight is 274 g/mol. The molecular formula is C9H18BrClO2. The Morgan fingerprint density at radius 3 is 2.46 bits per heavy atom. The maximum absolute atomic E-state index is 5.75. The minimum atomic E-state index is -0.267. The van der Waals surface area contributed by atoms with Gasteiger partial charge >= 0.3 is 0 Å². The van der Waals surface area contributed by atoms with Crippen LogP contribution in [-0.4, -0.2) is 36.6 Å². The number of halogens is 2. The molecule has 1 atom stereocenters. The van der Waals surface area contributed by atoms with Crippen LogP contribution in [0.1, 0.15) is 20.3 Å². The zero-order chi connectivity index (χ0) is 10.2. The first-order chi connectivity index (χ1) is 6.18. The van der Waals surface area contributed by atoms with E-state index in [4.69, 9.17) is 21.1 Å². The molecule has 0 aromatic rings. The lowest BCUT2D eigenvalue weighted by atomic mass is 10.2. The van der Waals surface area contributed by atoms with Gasteiger partial charge in [0.05, 0.1) is 24.7 Å². The molecule has 13 heavy (non-hydrogen) atoms. The molecule has 1 unspecified atom stereocenters. The lowest BCUT2D eigenvalue weighted by Crippen LogP contribution is -2.34. The van der Waals surface area contributed by atoms with Gasteiger partial charge in [0.1, 0.15) is 0 Å². The number of hydrogen-bond donors (Lipinski definition) is 0. The molecule has 0 aliphatic rings. The Labute approximate surface area is 94.1 Å². The Hall–Kier alpha value is 0.690. The van der Waals surface area contributed by atoms with E-state index in [0.717, 1.165) is 18.4 Å². The predicted molar refractivity (Wildman–Crippen MR) is 60.0 cm³/mol. The number of alkyl halides is 2. The molecule has 0 radical (unpaired) electrons. The minimum absolute atomic E-state index is 0.267. The Bertz CT molecular complexity index is 118. The zero-order valence-corrected chi connectivity index (χ0v) is 10.7. The standard InChI is InChI=1S/C9H18BrClO2/c1-3-4-12-5-6-13-9(2,7-10)8-11/h3-8H2,1-2H3. The summed E-state index contributed by atoms with van der Waals surface area (Å²) in [5.41, 5.74) is -0.267. The fraction of sp³-hybridized carbons (Fsp3) is 1.00. The van der Waals surface area contributed by atoms with Gasteiger partial charge in [-0.1, -0.05) is 22.9 Å². The third kappa shape index (κ3) is 6.72. The van der Waals surface area contributed by atoms with Crippen LogP contribution in [0.5, 0.6) is 0 Å². The van der Waals surface area contributed by atoms with E-state index in [9.17, 15) is 0 Å². The highest BCUT2D eigenvalue weighted by atomic mass is 79.9. The minimum Gasteiger partial charge on any atom is -0.379 e. The van der Waals surface area contributed by atoms with Gasteiger partial charge in [0, 0.05) is 11.9 Å². The Kier molecular flexibility index (Phi) is 8.46. The fourth-order valence-electron chi connectivity index (χ4n) is 0.706. The zero-order valence-electron chi connectivity index (χ0n) is 8.32. The van der Waals surface area contributed by atoms with Crippen LogP contribution < -0.4 is 0 Å². The van der Waals surface area contributed by atoms with Crippen molar-refractivity contribution >= 4 is 27.5 Å². The summed E-state index contributed by atoms with van der Waals surface area (Å²) in [4.78, 5) is 0. The molecule has 80 valence electrons. The van der Waals surface area contributed by atoms with E-state index in [0.29, 0.717) is 19.1 Å². The highest BCUT2D eigenvalue weighted by Gasteiger charge is 2.21. The summed E-state index contributed by atoms with van der Waals surface area (Å²) in [6.45, 7) is 6.12. The largest absolute Gasteiger partial charge is 0.379 e.